The Morgan fingerprint density at radius 2 is 2.33 bits per heavy atom. The Morgan fingerprint density at radius 3 is 2.83 bits per heavy atom. The van der Waals surface area contributed by atoms with E-state index in [1.54, 1.807) is 6.92 Å². The Morgan fingerprint density at radius 1 is 1.61 bits per heavy atom. The predicted octanol–water partition coefficient (Wildman–Crippen LogP) is 0.230. The number of carbonyl (C=O) groups is 2. The zero-order valence-electron chi connectivity index (χ0n) is 10.6. The van der Waals surface area contributed by atoms with Crippen molar-refractivity contribution < 1.29 is 19.1 Å². The summed E-state index contributed by atoms with van der Waals surface area (Å²) >= 11 is 0. The quantitative estimate of drug-likeness (QED) is 0.709. The second kappa shape index (κ2) is 6.97. The van der Waals surface area contributed by atoms with Gasteiger partial charge in [0.15, 0.2) is 0 Å². The van der Waals surface area contributed by atoms with Crippen LogP contribution in [0.5, 0.6) is 0 Å². The van der Waals surface area contributed by atoms with E-state index in [0.29, 0.717) is 19.6 Å². The van der Waals surface area contributed by atoms with E-state index in [1.165, 1.54) is 7.11 Å². The molecule has 1 aliphatic heterocycles. The van der Waals surface area contributed by atoms with Gasteiger partial charge in [0, 0.05) is 18.9 Å². The van der Waals surface area contributed by atoms with Crippen LogP contribution in [-0.2, 0) is 19.1 Å². The first-order valence-corrected chi connectivity index (χ1v) is 5.93. The van der Waals surface area contributed by atoms with Crippen LogP contribution in [0.1, 0.15) is 19.8 Å². The lowest BCUT2D eigenvalue weighted by molar-refractivity contribution is -0.147. The molecule has 1 fully saturated rings. The van der Waals surface area contributed by atoms with Crippen LogP contribution in [0.2, 0.25) is 0 Å². The van der Waals surface area contributed by atoms with E-state index in [1.807, 2.05) is 6.07 Å². The van der Waals surface area contributed by atoms with Crippen molar-refractivity contribution in [2.24, 2.45) is 11.8 Å². The van der Waals surface area contributed by atoms with E-state index in [0.717, 1.165) is 0 Å². The van der Waals surface area contributed by atoms with Crippen molar-refractivity contribution in [1.82, 2.24) is 5.32 Å². The van der Waals surface area contributed by atoms with Gasteiger partial charge in [-0.25, -0.2) is 4.79 Å². The van der Waals surface area contributed by atoms with Gasteiger partial charge in [0.05, 0.1) is 25.7 Å². The summed E-state index contributed by atoms with van der Waals surface area (Å²) in [6.45, 7) is 2.68. The lowest BCUT2D eigenvalue weighted by Gasteiger charge is -2.22. The highest BCUT2D eigenvalue weighted by Gasteiger charge is 2.31. The zero-order valence-corrected chi connectivity index (χ0v) is 10.6. The Hall–Kier alpha value is -1.61. The van der Waals surface area contributed by atoms with Gasteiger partial charge in [0.2, 0.25) is 5.91 Å². The third kappa shape index (κ3) is 3.70. The van der Waals surface area contributed by atoms with Gasteiger partial charge in [-0.05, 0) is 6.42 Å². The van der Waals surface area contributed by atoms with Crippen LogP contribution < -0.4 is 5.32 Å². The molecule has 6 heteroatoms. The molecule has 1 saturated heterocycles. The van der Waals surface area contributed by atoms with Crippen LogP contribution >= 0.6 is 0 Å². The first-order valence-electron chi connectivity index (χ1n) is 5.93. The normalized spacial score (nSPS) is 21.7. The van der Waals surface area contributed by atoms with Crippen molar-refractivity contribution in [3.8, 4) is 6.07 Å². The maximum atomic E-state index is 11.9. The Labute approximate surface area is 106 Å². The van der Waals surface area contributed by atoms with Gasteiger partial charge in [-0.1, -0.05) is 6.92 Å². The minimum absolute atomic E-state index is 0.182. The highest BCUT2D eigenvalue weighted by Crippen LogP contribution is 2.15. The van der Waals surface area contributed by atoms with Gasteiger partial charge in [-0.3, -0.25) is 4.79 Å². The summed E-state index contributed by atoms with van der Waals surface area (Å²) in [5.41, 5.74) is 0. The van der Waals surface area contributed by atoms with Crippen molar-refractivity contribution >= 4 is 11.9 Å². The third-order valence-electron chi connectivity index (χ3n) is 3.04. The number of hydrogen-bond donors (Lipinski definition) is 1. The van der Waals surface area contributed by atoms with Crippen molar-refractivity contribution in [2.75, 3.05) is 20.3 Å². The van der Waals surface area contributed by atoms with Crippen LogP contribution in [0.25, 0.3) is 0 Å². The van der Waals surface area contributed by atoms with E-state index >= 15 is 0 Å². The summed E-state index contributed by atoms with van der Waals surface area (Å²) in [6, 6.07) is 1.21. The molecular formula is C12H18N2O4. The van der Waals surface area contributed by atoms with Gasteiger partial charge in [0.25, 0.3) is 0 Å². The smallest absolute Gasteiger partial charge is 0.328 e. The molecule has 100 valence electrons. The topological polar surface area (TPSA) is 88.4 Å². The summed E-state index contributed by atoms with van der Waals surface area (Å²) in [5, 5.41) is 11.3. The maximum absolute atomic E-state index is 11.9. The number of nitrogens with zero attached hydrogens (tertiary/aromatic N) is 1. The van der Waals surface area contributed by atoms with Crippen molar-refractivity contribution in [3.63, 3.8) is 0 Å². The van der Waals surface area contributed by atoms with Crippen molar-refractivity contribution in [1.29, 1.82) is 5.26 Å². The summed E-state index contributed by atoms with van der Waals surface area (Å²) < 4.78 is 9.77. The molecule has 6 nitrogen and oxygen atoms in total. The van der Waals surface area contributed by atoms with Crippen LogP contribution in [-0.4, -0.2) is 38.2 Å². The largest absolute Gasteiger partial charge is 0.467 e. The van der Waals surface area contributed by atoms with Gasteiger partial charge < -0.3 is 14.8 Å². The molecule has 1 aliphatic rings. The number of hydrogen-bond acceptors (Lipinski definition) is 5. The standard InChI is InChI=1S/C12H18N2O4/c1-8(3-5-13)10(12(16)17-2)14-11(15)9-4-6-18-7-9/h8-10H,3-4,6-7H2,1-2H3,(H,14,15)/t8-,9+,10+/m1/s1. The van der Waals surface area contributed by atoms with Crippen LogP contribution in [0.4, 0.5) is 0 Å². The molecule has 18 heavy (non-hydrogen) atoms. The molecule has 0 unspecified atom stereocenters. The molecule has 0 radical (unpaired) electrons. The average molecular weight is 254 g/mol. The Kier molecular flexibility index (Phi) is 5.59. The average Bonchev–Trinajstić information content (AvgIpc) is 2.88. The molecule has 0 bridgehead atoms. The van der Waals surface area contributed by atoms with Crippen LogP contribution in [0, 0.1) is 23.2 Å². The zero-order chi connectivity index (χ0) is 13.5. The predicted molar refractivity (Wildman–Crippen MR) is 62.3 cm³/mol. The second-order valence-corrected chi connectivity index (χ2v) is 4.41. The highest BCUT2D eigenvalue weighted by atomic mass is 16.5. The molecule has 0 aromatic rings. The molecule has 0 saturated carbocycles. The number of ether oxygens (including phenoxy) is 2. The molecular weight excluding hydrogens is 236 g/mol. The number of amides is 1. The SMILES string of the molecule is COC(=O)[C@@H](NC(=O)[C@H]1CCOC1)[C@H](C)CC#N. The lowest BCUT2D eigenvalue weighted by atomic mass is 9.97. The van der Waals surface area contributed by atoms with Crippen molar-refractivity contribution in [3.05, 3.63) is 0 Å². The van der Waals surface area contributed by atoms with Gasteiger partial charge in [0.1, 0.15) is 6.04 Å². The summed E-state index contributed by atoms with van der Waals surface area (Å²) in [6.07, 6.45) is 0.841. The molecule has 0 spiro atoms. The van der Waals surface area contributed by atoms with Crippen LogP contribution in [0.3, 0.4) is 0 Å². The van der Waals surface area contributed by atoms with E-state index in [9.17, 15) is 9.59 Å². The third-order valence-corrected chi connectivity index (χ3v) is 3.04. The maximum Gasteiger partial charge on any atom is 0.328 e. The monoisotopic (exact) mass is 254 g/mol. The van der Waals surface area contributed by atoms with Gasteiger partial charge in [-0.2, -0.15) is 5.26 Å². The highest BCUT2D eigenvalue weighted by molar-refractivity contribution is 5.86. The van der Waals surface area contributed by atoms with E-state index in [2.05, 4.69) is 10.1 Å². The molecule has 0 aromatic carbocycles. The van der Waals surface area contributed by atoms with Crippen LogP contribution in [0.15, 0.2) is 0 Å². The fraction of sp³-hybridized carbons (Fsp3) is 0.750. The number of esters is 1. The molecule has 1 rings (SSSR count). The first kappa shape index (κ1) is 14.5. The van der Waals surface area contributed by atoms with E-state index < -0.39 is 12.0 Å². The summed E-state index contributed by atoms with van der Waals surface area (Å²) in [7, 11) is 1.26. The van der Waals surface area contributed by atoms with Gasteiger partial charge in [-0.15, -0.1) is 0 Å². The minimum Gasteiger partial charge on any atom is -0.467 e. The fourth-order valence-corrected chi connectivity index (χ4v) is 1.83. The summed E-state index contributed by atoms with van der Waals surface area (Å²) in [4.78, 5) is 23.5. The fourth-order valence-electron chi connectivity index (χ4n) is 1.83. The minimum atomic E-state index is -0.775. The molecule has 1 N–H and O–H groups in total. The molecule has 0 aliphatic carbocycles. The molecule has 1 heterocycles. The number of methoxy groups -OCH3 is 1. The second-order valence-electron chi connectivity index (χ2n) is 4.41. The number of nitriles is 1. The number of rotatable bonds is 5. The molecule has 1 amide bonds. The molecule has 3 atom stereocenters. The van der Waals surface area contributed by atoms with Gasteiger partial charge >= 0.3 is 5.97 Å². The first-order chi connectivity index (χ1) is 8.60. The number of nitrogens with one attached hydrogen (secondary N) is 1. The van der Waals surface area contributed by atoms with E-state index in [-0.39, 0.29) is 24.2 Å². The molecule has 0 aromatic heterocycles. The Balaban J connectivity index is 2.62. The van der Waals surface area contributed by atoms with Crippen molar-refractivity contribution in [2.45, 2.75) is 25.8 Å². The number of carbonyl (C=O) groups excluding carboxylic acids is 2. The van der Waals surface area contributed by atoms with E-state index in [4.69, 9.17) is 10.00 Å². The Bertz CT molecular complexity index is 344. The summed E-state index contributed by atoms with van der Waals surface area (Å²) in [5.74, 6) is -1.24. The lowest BCUT2D eigenvalue weighted by Crippen LogP contribution is -2.48.